The molecule has 29 heavy (non-hydrogen) atoms. The number of anilines is 2. The summed E-state index contributed by atoms with van der Waals surface area (Å²) in [7, 11) is 3.29. The summed E-state index contributed by atoms with van der Waals surface area (Å²) >= 11 is 0. The highest BCUT2D eigenvalue weighted by molar-refractivity contribution is 6.05. The summed E-state index contributed by atoms with van der Waals surface area (Å²) in [5.74, 6) is -1.35. The van der Waals surface area contributed by atoms with Gasteiger partial charge >= 0.3 is 5.97 Å². The number of aromatic nitrogens is 4. The second-order valence-electron chi connectivity index (χ2n) is 6.12. The van der Waals surface area contributed by atoms with Crippen molar-refractivity contribution in [2.45, 2.75) is 6.92 Å². The predicted octanol–water partition coefficient (Wildman–Crippen LogP) is 1.83. The van der Waals surface area contributed by atoms with E-state index in [-0.39, 0.29) is 23.9 Å². The number of rotatable bonds is 6. The quantitative estimate of drug-likeness (QED) is 0.614. The van der Waals surface area contributed by atoms with E-state index in [1.807, 2.05) is 0 Å². The summed E-state index contributed by atoms with van der Waals surface area (Å²) in [5, 5.41) is 13.5. The van der Waals surface area contributed by atoms with Gasteiger partial charge in [-0.05, 0) is 37.3 Å². The Morgan fingerprint density at radius 1 is 0.931 bits per heavy atom. The summed E-state index contributed by atoms with van der Waals surface area (Å²) in [6.45, 7) is 1.93. The Bertz CT molecular complexity index is 1050. The summed E-state index contributed by atoms with van der Waals surface area (Å²) < 4.78 is 7.76. The number of esters is 1. The molecule has 0 aliphatic carbocycles. The second-order valence-corrected chi connectivity index (χ2v) is 6.12. The minimum atomic E-state index is -0.547. The highest BCUT2D eigenvalue weighted by Crippen LogP contribution is 2.16. The lowest BCUT2D eigenvalue weighted by molar-refractivity contribution is 0.0513. The summed E-state index contributed by atoms with van der Waals surface area (Å²) in [4.78, 5) is 36.3. The Balaban J connectivity index is 1.63. The number of nitrogens with one attached hydrogen (secondary N) is 2. The first-order valence-corrected chi connectivity index (χ1v) is 8.81. The molecule has 0 unspecified atom stereocenters. The zero-order chi connectivity index (χ0) is 21.0. The predicted molar refractivity (Wildman–Crippen MR) is 105 cm³/mol. The molecule has 0 fully saturated rings. The van der Waals surface area contributed by atoms with Crippen LogP contribution in [0.25, 0.3) is 0 Å². The number of carbonyl (C=O) groups excluding carboxylic acids is 3. The van der Waals surface area contributed by atoms with E-state index in [1.165, 1.54) is 10.7 Å². The highest BCUT2D eigenvalue weighted by Gasteiger charge is 2.18. The van der Waals surface area contributed by atoms with E-state index in [1.54, 1.807) is 62.2 Å². The molecule has 0 saturated carbocycles. The third-order valence-electron chi connectivity index (χ3n) is 3.94. The first kappa shape index (κ1) is 19.8. The molecule has 10 nitrogen and oxygen atoms in total. The van der Waals surface area contributed by atoms with Crippen LogP contribution in [0.5, 0.6) is 0 Å². The van der Waals surface area contributed by atoms with Crippen molar-refractivity contribution in [3.63, 3.8) is 0 Å². The number of nitrogens with zero attached hydrogens (tertiary/aromatic N) is 4. The van der Waals surface area contributed by atoms with Crippen molar-refractivity contribution < 1.29 is 19.1 Å². The lowest BCUT2D eigenvalue weighted by atomic mass is 10.2. The average Bonchev–Trinajstić information content (AvgIpc) is 3.29. The molecule has 1 aromatic carbocycles. The van der Waals surface area contributed by atoms with Crippen molar-refractivity contribution in [1.29, 1.82) is 0 Å². The van der Waals surface area contributed by atoms with Crippen LogP contribution in [-0.2, 0) is 18.8 Å². The van der Waals surface area contributed by atoms with Crippen molar-refractivity contribution in [2.24, 2.45) is 14.1 Å². The molecule has 2 N–H and O–H groups in total. The Labute approximate surface area is 166 Å². The number of aryl methyl sites for hydroxylation is 2. The minimum Gasteiger partial charge on any atom is -0.461 e. The Hall–Kier alpha value is -3.95. The van der Waals surface area contributed by atoms with E-state index >= 15 is 0 Å². The zero-order valence-electron chi connectivity index (χ0n) is 16.2. The van der Waals surface area contributed by atoms with Crippen molar-refractivity contribution >= 4 is 29.2 Å². The van der Waals surface area contributed by atoms with Crippen molar-refractivity contribution in [3.05, 3.63) is 59.7 Å². The van der Waals surface area contributed by atoms with Gasteiger partial charge in [0.05, 0.1) is 6.61 Å². The van der Waals surface area contributed by atoms with E-state index in [4.69, 9.17) is 4.74 Å². The lowest BCUT2D eigenvalue weighted by Crippen LogP contribution is -2.14. The standard InChI is InChI=1S/C19H20N6O4/c1-4-29-19(28)16-11-15(23-25(16)3)18(27)21-13-7-5-12(6-8-13)20-17(26)14-9-10-24(2)22-14/h5-11H,4H2,1-3H3,(H,20,26)(H,21,27). The Kier molecular flexibility index (Phi) is 5.72. The first-order chi connectivity index (χ1) is 13.9. The van der Waals surface area contributed by atoms with Crippen LogP contribution < -0.4 is 10.6 Å². The van der Waals surface area contributed by atoms with Crippen LogP contribution >= 0.6 is 0 Å². The van der Waals surface area contributed by atoms with Crippen LogP contribution in [0.15, 0.2) is 42.6 Å². The first-order valence-electron chi connectivity index (χ1n) is 8.81. The molecule has 0 bridgehead atoms. The second kappa shape index (κ2) is 8.38. The summed E-state index contributed by atoms with van der Waals surface area (Å²) in [6.07, 6.45) is 1.68. The molecule has 0 aliphatic rings. The molecular formula is C19H20N6O4. The molecular weight excluding hydrogens is 376 g/mol. The van der Waals surface area contributed by atoms with E-state index in [0.29, 0.717) is 17.1 Å². The van der Waals surface area contributed by atoms with Gasteiger partial charge in [0.2, 0.25) is 0 Å². The number of ether oxygens (including phenoxy) is 1. The van der Waals surface area contributed by atoms with Gasteiger partial charge in [0.25, 0.3) is 11.8 Å². The number of amides is 2. The molecule has 150 valence electrons. The molecule has 3 rings (SSSR count). The van der Waals surface area contributed by atoms with E-state index in [2.05, 4.69) is 20.8 Å². The highest BCUT2D eigenvalue weighted by atomic mass is 16.5. The van der Waals surface area contributed by atoms with Crippen LogP contribution in [0, 0.1) is 0 Å². The SMILES string of the molecule is CCOC(=O)c1cc(C(=O)Nc2ccc(NC(=O)c3ccn(C)n3)cc2)nn1C. The Morgan fingerprint density at radius 2 is 1.52 bits per heavy atom. The van der Waals surface area contributed by atoms with Crippen LogP contribution in [-0.4, -0.2) is 44.0 Å². The largest absolute Gasteiger partial charge is 0.461 e. The average molecular weight is 396 g/mol. The fourth-order valence-electron chi connectivity index (χ4n) is 2.54. The molecule has 0 spiro atoms. The van der Waals surface area contributed by atoms with E-state index in [0.717, 1.165) is 0 Å². The number of carbonyl (C=O) groups is 3. The molecule has 0 saturated heterocycles. The maximum absolute atomic E-state index is 12.4. The van der Waals surface area contributed by atoms with E-state index in [9.17, 15) is 14.4 Å². The van der Waals surface area contributed by atoms with Gasteiger partial charge in [-0.3, -0.25) is 19.0 Å². The third-order valence-corrected chi connectivity index (χ3v) is 3.94. The summed E-state index contributed by atoms with van der Waals surface area (Å²) in [5.41, 5.74) is 1.64. The van der Waals surface area contributed by atoms with Crippen molar-refractivity contribution in [1.82, 2.24) is 19.6 Å². The molecule has 0 atom stereocenters. The van der Waals surface area contributed by atoms with Gasteiger partial charge < -0.3 is 15.4 Å². The molecule has 3 aromatic rings. The van der Waals surface area contributed by atoms with Gasteiger partial charge in [-0.1, -0.05) is 0 Å². The fourth-order valence-corrected chi connectivity index (χ4v) is 2.54. The molecule has 0 aliphatic heterocycles. The van der Waals surface area contributed by atoms with Crippen LogP contribution in [0.2, 0.25) is 0 Å². The van der Waals surface area contributed by atoms with E-state index < -0.39 is 11.9 Å². The minimum absolute atomic E-state index is 0.0862. The molecule has 2 aromatic heterocycles. The van der Waals surface area contributed by atoms with Crippen LogP contribution in [0.1, 0.15) is 38.4 Å². The van der Waals surface area contributed by atoms with Gasteiger partial charge in [0.15, 0.2) is 11.4 Å². The molecule has 2 amide bonds. The van der Waals surface area contributed by atoms with Gasteiger partial charge in [0.1, 0.15) is 5.69 Å². The van der Waals surface area contributed by atoms with Gasteiger partial charge in [-0.15, -0.1) is 0 Å². The normalized spacial score (nSPS) is 10.4. The molecule has 10 heteroatoms. The maximum atomic E-state index is 12.4. The van der Waals surface area contributed by atoms with Gasteiger partial charge in [-0.2, -0.15) is 10.2 Å². The van der Waals surface area contributed by atoms with Gasteiger partial charge in [-0.25, -0.2) is 4.79 Å². The number of hydrogen-bond acceptors (Lipinski definition) is 6. The smallest absolute Gasteiger partial charge is 0.356 e. The maximum Gasteiger partial charge on any atom is 0.356 e. The zero-order valence-corrected chi connectivity index (χ0v) is 16.2. The monoisotopic (exact) mass is 396 g/mol. The lowest BCUT2D eigenvalue weighted by Gasteiger charge is -2.06. The number of benzene rings is 1. The Morgan fingerprint density at radius 3 is 2.03 bits per heavy atom. The summed E-state index contributed by atoms with van der Waals surface area (Å²) in [6, 6.07) is 9.57. The van der Waals surface area contributed by atoms with Crippen molar-refractivity contribution in [2.75, 3.05) is 17.2 Å². The van der Waals surface area contributed by atoms with Crippen LogP contribution in [0.3, 0.4) is 0 Å². The molecule has 2 heterocycles. The van der Waals surface area contributed by atoms with Crippen LogP contribution in [0.4, 0.5) is 11.4 Å². The number of hydrogen-bond donors (Lipinski definition) is 2. The van der Waals surface area contributed by atoms with Crippen molar-refractivity contribution in [3.8, 4) is 0 Å². The van der Waals surface area contributed by atoms with Gasteiger partial charge in [0, 0.05) is 37.7 Å². The third kappa shape index (κ3) is 4.67. The molecule has 0 radical (unpaired) electrons. The fraction of sp³-hybridized carbons (Fsp3) is 0.211. The topological polar surface area (TPSA) is 120 Å².